The van der Waals surface area contributed by atoms with Gasteiger partial charge in [0, 0.05) is 24.8 Å². The molecule has 0 spiro atoms. The Morgan fingerprint density at radius 1 is 1.10 bits per heavy atom. The number of carboxylic acid groups (broad SMARTS) is 1. The van der Waals surface area contributed by atoms with E-state index in [0.717, 1.165) is 24.8 Å². The smallest absolute Gasteiger partial charge is 0.545 e. The fourth-order valence-corrected chi connectivity index (χ4v) is 3.43. The minimum absolute atomic E-state index is 0. The van der Waals surface area contributed by atoms with Crippen LogP contribution in [0.25, 0.3) is 0 Å². The van der Waals surface area contributed by atoms with Gasteiger partial charge in [-0.3, -0.25) is 0 Å². The number of nitrogens with zero attached hydrogens (tertiary/aromatic N) is 2. The number of carboxylic acids is 1. The third-order valence-corrected chi connectivity index (χ3v) is 4.57. The molecule has 2 aliphatic heterocycles. The summed E-state index contributed by atoms with van der Waals surface area (Å²) < 4.78 is 0. The first kappa shape index (κ1) is 16.8. The molecule has 3 rings (SSSR count). The maximum absolute atomic E-state index is 10.9. The first-order chi connectivity index (χ1) is 9.74. The number of piperidine rings is 1. The average Bonchev–Trinajstić information content (AvgIpc) is 3.02. The summed E-state index contributed by atoms with van der Waals surface area (Å²) in [7, 11) is 0. The second-order valence-electron chi connectivity index (χ2n) is 5.80. The van der Waals surface area contributed by atoms with Crippen molar-refractivity contribution >= 4 is 11.7 Å². The van der Waals surface area contributed by atoms with Crippen molar-refractivity contribution in [3.05, 3.63) is 29.8 Å². The zero-order valence-electron chi connectivity index (χ0n) is 12.8. The second kappa shape index (κ2) is 7.63. The van der Waals surface area contributed by atoms with E-state index in [2.05, 4.69) is 9.80 Å². The number of aromatic carboxylic acids is 1. The van der Waals surface area contributed by atoms with Gasteiger partial charge in [-0.05, 0) is 56.5 Å². The molecule has 108 valence electrons. The number of carbonyl (C=O) groups is 1. The number of anilines is 1. The van der Waals surface area contributed by atoms with Crippen LogP contribution in [0.2, 0.25) is 0 Å². The summed E-state index contributed by atoms with van der Waals surface area (Å²) >= 11 is 0. The first-order valence-electron chi connectivity index (χ1n) is 7.54. The van der Waals surface area contributed by atoms with Crippen LogP contribution in [0.4, 0.5) is 5.69 Å². The minimum atomic E-state index is -1.10. The Hall–Kier alpha value is -0.550. The van der Waals surface area contributed by atoms with Crippen LogP contribution < -0.4 is 39.6 Å². The standard InChI is InChI=1S/C16H22N2O2.Na/c19-16(20)13-4-3-5-15(12-13)18-10-6-14(7-11-18)17-8-1-2-9-17;/h3-5,12,14H,1-2,6-11H2,(H,19,20);/q;+1/p-1. The van der Waals surface area contributed by atoms with E-state index in [0.29, 0.717) is 0 Å². The van der Waals surface area contributed by atoms with Gasteiger partial charge in [-0.25, -0.2) is 0 Å². The Labute approximate surface area is 148 Å². The van der Waals surface area contributed by atoms with E-state index >= 15 is 0 Å². The molecule has 0 unspecified atom stereocenters. The predicted octanol–water partition coefficient (Wildman–Crippen LogP) is -1.88. The van der Waals surface area contributed by atoms with Gasteiger partial charge in [0.25, 0.3) is 0 Å². The summed E-state index contributed by atoms with van der Waals surface area (Å²) in [5, 5.41) is 10.9. The molecular formula is C16H21N2NaO2. The summed E-state index contributed by atoms with van der Waals surface area (Å²) in [6, 6.07) is 7.83. The molecule has 2 fully saturated rings. The van der Waals surface area contributed by atoms with Crippen molar-refractivity contribution in [3.8, 4) is 0 Å². The number of carbonyl (C=O) groups excluding carboxylic acids is 1. The Morgan fingerprint density at radius 2 is 1.76 bits per heavy atom. The monoisotopic (exact) mass is 296 g/mol. The Morgan fingerprint density at radius 3 is 2.38 bits per heavy atom. The Kier molecular flexibility index (Phi) is 6.11. The number of rotatable bonds is 3. The van der Waals surface area contributed by atoms with Gasteiger partial charge < -0.3 is 19.7 Å². The molecule has 0 aliphatic carbocycles. The van der Waals surface area contributed by atoms with Crippen molar-refractivity contribution < 1.29 is 39.5 Å². The van der Waals surface area contributed by atoms with E-state index < -0.39 is 5.97 Å². The van der Waals surface area contributed by atoms with Crippen molar-refractivity contribution in [1.82, 2.24) is 4.90 Å². The Balaban J connectivity index is 0.00000161. The molecule has 1 aromatic rings. The fourth-order valence-electron chi connectivity index (χ4n) is 3.43. The summed E-state index contributed by atoms with van der Waals surface area (Å²) in [5.74, 6) is -1.10. The van der Waals surface area contributed by atoms with Crippen molar-refractivity contribution in [2.75, 3.05) is 31.1 Å². The van der Waals surface area contributed by atoms with Crippen LogP contribution >= 0.6 is 0 Å². The summed E-state index contributed by atoms with van der Waals surface area (Å²) in [4.78, 5) is 15.8. The Bertz CT molecular complexity index is 481. The molecule has 0 amide bonds. The third kappa shape index (κ3) is 4.01. The molecule has 5 heteroatoms. The van der Waals surface area contributed by atoms with Crippen LogP contribution in [0.3, 0.4) is 0 Å². The van der Waals surface area contributed by atoms with Crippen molar-refractivity contribution in [1.29, 1.82) is 0 Å². The van der Waals surface area contributed by atoms with Crippen molar-refractivity contribution in [2.24, 2.45) is 0 Å². The minimum Gasteiger partial charge on any atom is -0.545 e. The van der Waals surface area contributed by atoms with E-state index in [-0.39, 0.29) is 35.1 Å². The van der Waals surface area contributed by atoms with E-state index in [9.17, 15) is 9.90 Å². The fraction of sp³-hybridized carbons (Fsp3) is 0.562. The normalized spacial score (nSPS) is 20.3. The number of hydrogen-bond donors (Lipinski definition) is 0. The van der Waals surface area contributed by atoms with Crippen LogP contribution in [0.1, 0.15) is 36.0 Å². The van der Waals surface area contributed by atoms with Gasteiger partial charge in [-0.15, -0.1) is 0 Å². The molecule has 2 heterocycles. The molecule has 2 saturated heterocycles. The predicted molar refractivity (Wildman–Crippen MR) is 76.8 cm³/mol. The van der Waals surface area contributed by atoms with E-state index in [1.807, 2.05) is 6.07 Å². The molecule has 0 N–H and O–H groups in total. The SMILES string of the molecule is O=C([O-])c1cccc(N2CCC(N3CCCC3)CC2)c1.[Na+]. The molecule has 0 saturated carbocycles. The van der Waals surface area contributed by atoms with Crippen LogP contribution in [0, 0.1) is 0 Å². The van der Waals surface area contributed by atoms with E-state index in [4.69, 9.17) is 0 Å². The number of hydrogen-bond acceptors (Lipinski definition) is 4. The van der Waals surface area contributed by atoms with Crippen LogP contribution in [-0.2, 0) is 0 Å². The van der Waals surface area contributed by atoms with Gasteiger partial charge in [0.15, 0.2) is 0 Å². The molecule has 0 radical (unpaired) electrons. The topological polar surface area (TPSA) is 46.6 Å². The maximum atomic E-state index is 10.9. The van der Waals surface area contributed by atoms with Gasteiger partial charge in [0.1, 0.15) is 0 Å². The molecule has 2 aliphatic rings. The molecule has 0 bridgehead atoms. The van der Waals surface area contributed by atoms with Gasteiger partial charge in [0.2, 0.25) is 0 Å². The number of benzene rings is 1. The zero-order valence-corrected chi connectivity index (χ0v) is 14.8. The van der Waals surface area contributed by atoms with Crippen LogP contribution in [-0.4, -0.2) is 43.1 Å². The molecule has 0 aromatic heterocycles. The molecule has 4 nitrogen and oxygen atoms in total. The summed E-state index contributed by atoms with van der Waals surface area (Å²) in [5.41, 5.74) is 1.27. The van der Waals surface area contributed by atoms with Gasteiger partial charge >= 0.3 is 29.6 Å². The third-order valence-electron chi connectivity index (χ3n) is 4.57. The summed E-state index contributed by atoms with van der Waals surface area (Å²) in [6.45, 7) is 4.53. The largest absolute Gasteiger partial charge is 1.00 e. The van der Waals surface area contributed by atoms with Gasteiger partial charge in [0.05, 0.1) is 5.97 Å². The van der Waals surface area contributed by atoms with E-state index in [1.54, 1.807) is 18.2 Å². The zero-order chi connectivity index (χ0) is 13.9. The molecule has 0 atom stereocenters. The molecular weight excluding hydrogens is 275 g/mol. The van der Waals surface area contributed by atoms with Gasteiger partial charge in [-0.1, -0.05) is 12.1 Å². The van der Waals surface area contributed by atoms with Crippen molar-refractivity contribution in [2.45, 2.75) is 31.7 Å². The van der Waals surface area contributed by atoms with Crippen LogP contribution in [0.15, 0.2) is 24.3 Å². The van der Waals surface area contributed by atoms with E-state index in [1.165, 1.54) is 38.8 Å². The quantitative estimate of drug-likeness (QED) is 0.613. The first-order valence-corrected chi connectivity index (χ1v) is 7.54. The van der Waals surface area contributed by atoms with Crippen LogP contribution in [0.5, 0.6) is 0 Å². The summed E-state index contributed by atoms with van der Waals surface area (Å²) in [6.07, 6.45) is 5.03. The number of likely N-dealkylation sites (tertiary alicyclic amines) is 1. The molecule has 1 aromatic carbocycles. The van der Waals surface area contributed by atoms with Crippen molar-refractivity contribution in [3.63, 3.8) is 0 Å². The maximum Gasteiger partial charge on any atom is 1.00 e. The molecule has 21 heavy (non-hydrogen) atoms. The average molecular weight is 296 g/mol. The second-order valence-corrected chi connectivity index (χ2v) is 5.80. The van der Waals surface area contributed by atoms with Gasteiger partial charge in [-0.2, -0.15) is 0 Å².